The van der Waals surface area contributed by atoms with E-state index in [9.17, 15) is 0 Å². The molecule has 0 spiro atoms. The molecule has 1 aliphatic rings. The Kier molecular flexibility index (Phi) is 3.47. The predicted octanol–water partition coefficient (Wildman–Crippen LogP) is 4.98. The van der Waals surface area contributed by atoms with Crippen LogP contribution in [0.3, 0.4) is 0 Å². The van der Waals surface area contributed by atoms with Crippen LogP contribution in [0.4, 0.5) is 5.69 Å². The van der Waals surface area contributed by atoms with Gasteiger partial charge in [-0.3, -0.25) is 0 Å². The van der Waals surface area contributed by atoms with Gasteiger partial charge < -0.3 is 0 Å². The second kappa shape index (κ2) is 5.04. The summed E-state index contributed by atoms with van der Waals surface area (Å²) in [5.41, 5.74) is 11.9. The molecule has 1 aliphatic carbocycles. The molecule has 1 fully saturated rings. The molecule has 16 heavy (non-hydrogen) atoms. The average Bonchev–Trinajstić information content (AvgIpc) is 2.33. The van der Waals surface area contributed by atoms with Crippen molar-refractivity contribution in [3.05, 3.63) is 39.8 Å². The van der Waals surface area contributed by atoms with Gasteiger partial charge in [0.1, 0.15) is 0 Å². The highest BCUT2D eigenvalue weighted by Crippen LogP contribution is 2.37. The quantitative estimate of drug-likeness (QED) is 0.379. The summed E-state index contributed by atoms with van der Waals surface area (Å²) in [7, 11) is 0. The number of rotatable bonds is 2. The molecule has 2 rings (SSSR count). The van der Waals surface area contributed by atoms with Crippen molar-refractivity contribution in [2.45, 2.75) is 44.9 Å². The van der Waals surface area contributed by atoms with Crippen LogP contribution >= 0.6 is 0 Å². The monoisotopic (exact) mass is 215 g/mol. The van der Waals surface area contributed by atoms with Crippen molar-refractivity contribution >= 4 is 5.69 Å². The Balaban J connectivity index is 2.35. The lowest BCUT2D eigenvalue weighted by atomic mass is 9.83. The zero-order chi connectivity index (χ0) is 11.4. The molecule has 1 aromatic carbocycles. The second-order valence-corrected chi connectivity index (χ2v) is 4.59. The standard InChI is InChI=1S/C13H17N3/c1-10-7-8-13(15-16-14)12(9-10)11-5-3-2-4-6-11/h7-9,11H,2-6H2,1H3. The lowest BCUT2D eigenvalue weighted by molar-refractivity contribution is 0.444. The van der Waals surface area contributed by atoms with Gasteiger partial charge >= 0.3 is 0 Å². The van der Waals surface area contributed by atoms with Crippen LogP contribution in [0.15, 0.2) is 23.3 Å². The third kappa shape index (κ3) is 2.37. The molecule has 84 valence electrons. The molecule has 0 heterocycles. The smallest absolute Gasteiger partial charge is 0.0410 e. The van der Waals surface area contributed by atoms with Crippen molar-refractivity contribution in [3.8, 4) is 0 Å². The number of azide groups is 1. The molecular formula is C13H17N3. The minimum absolute atomic E-state index is 0.592. The number of aryl methyl sites for hydroxylation is 1. The summed E-state index contributed by atoms with van der Waals surface area (Å²) in [6, 6.07) is 6.13. The van der Waals surface area contributed by atoms with E-state index in [1.807, 2.05) is 12.1 Å². The van der Waals surface area contributed by atoms with Gasteiger partial charge in [-0.25, -0.2) is 0 Å². The van der Waals surface area contributed by atoms with Gasteiger partial charge in [0.2, 0.25) is 0 Å². The Bertz CT molecular complexity index is 413. The highest BCUT2D eigenvalue weighted by atomic mass is 15.1. The third-order valence-corrected chi connectivity index (χ3v) is 3.38. The van der Waals surface area contributed by atoms with Crippen molar-refractivity contribution in [2.24, 2.45) is 5.11 Å². The first-order chi connectivity index (χ1) is 7.81. The molecule has 0 bridgehead atoms. The van der Waals surface area contributed by atoms with Crippen molar-refractivity contribution in [1.29, 1.82) is 0 Å². The zero-order valence-corrected chi connectivity index (χ0v) is 9.69. The number of hydrogen-bond donors (Lipinski definition) is 0. The van der Waals surface area contributed by atoms with Crippen molar-refractivity contribution in [1.82, 2.24) is 0 Å². The Morgan fingerprint density at radius 3 is 2.69 bits per heavy atom. The fraction of sp³-hybridized carbons (Fsp3) is 0.538. The molecule has 1 aromatic rings. The molecule has 0 aliphatic heterocycles. The van der Waals surface area contributed by atoms with E-state index in [0.717, 1.165) is 5.69 Å². The maximum atomic E-state index is 8.57. The summed E-state index contributed by atoms with van der Waals surface area (Å²) in [4.78, 5) is 2.92. The van der Waals surface area contributed by atoms with Gasteiger partial charge in [0.15, 0.2) is 0 Å². The maximum Gasteiger partial charge on any atom is 0.0410 e. The third-order valence-electron chi connectivity index (χ3n) is 3.38. The fourth-order valence-electron chi connectivity index (χ4n) is 2.55. The zero-order valence-electron chi connectivity index (χ0n) is 9.69. The van der Waals surface area contributed by atoms with Crippen LogP contribution in [0.2, 0.25) is 0 Å². The molecular weight excluding hydrogens is 198 g/mol. The molecule has 0 amide bonds. The molecule has 3 heteroatoms. The largest absolute Gasteiger partial charge is 0.0605 e. The van der Waals surface area contributed by atoms with Crippen LogP contribution in [-0.2, 0) is 0 Å². The summed E-state index contributed by atoms with van der Waals surface area (Å²) in [5.74, 6) is 0.592. The first kappa shape index (κ1) is 11.0. The second-order valence-electron chi connectivity index (χ2n) is 4.59. The Hall–Kier alpha value is -1.47. The van der Waals surface area contributed by atoms with E-state index in [1.54, 1.807) is 0 Å². The van der Waals surface area contributed by atoms with E-state index < -0.39 is 0 Å². The molecule has 0 aromatic heterocycles. The first-order valence-electron chi connectivity index (χ1n) is 5.97. The van der Waals surface area contributed by atoms with Crippen LogP contribution in [0.5, 0.6) is 0 Å². The van der Waals surface area contributed by atoms with E-state index in [0.29, 0.717) is 5.92 Å². The van der Waals surface area contributed by atoms with Gasteiger partial charge in [-0.2, -0.15) is 0 Å². The van der Waals surface area contributed by atoms with Crippen LogP contribution in [0, 0.1) is 6.92 Å². The minimum Gasteiger partial charge on any atom is -0.0605 e. The molecule has 0 N–H and O–H groups in total. The van der Waals surface area contributed by atoms with Gasteiger partial charge in [-0.05, 0) is 36.8 Å². The van der Waals surface area contributed by atoms with Crippen LogP contribution in [-0.4, -0.2) is 0 Å². The summed E-state index contributed by atoms with van der Waals surface area (Å²) in [6.07, 6.45) is 6.41. The topological polar surface area (TPSA) is 48.8 Å². The summed E-state index contributed by atoms with van der Waals surface area (Å²) in [6.45, 7) is 2.09. The van der Waals surface area contributed by atoms with Crippen molar-refractivity contribution < 1.29 is 0 Å². The molecule has 0 saturated heterocycles. The van der Waals surface area contributed by atoms with E-state index in [2.05, 4.69) is 23.0 Å². The highest BCUT2D eigenvalue weighted by Gasteiger charge is 2.17. The Labute approximate surface area is 96.1 Å². The average molecular weight is 215 g/mol. The lowest BCUT2D eigenvalue weighted by Gasteiger charge is -2.23. The SMILES string of the molecule is Cc1ccc(N=[N+]=[N-])c(C2CCCCC2)c1. The predicted molar refractivity (Wildman–Crippen MR) is 65.8 cm³/mol. The van der Waals surface area contributed by atoms with Gasteiger partial charge in [0.25, 0.3) is 0 Å². The Morgan fingerprint density at radius 1 is 1.25 bits per heavy atom. The van der Waals surface area contributed by atoms with E-state index >= 15 is 0 Å². The highest BCUT2D eigenvalue weighted by molar-refractivity contribution is 5.49. The maximum absolute atomic E-state index is 8.57. The van der Waals surface area contributed by atoms with Gasteiger partial charge in [0, 0.05) is 10.6 Å². The van der Waals surface area contributed by atoms with Gasteiger partial charge in [0.05, 0.1) is 0 Å². The number of hydrogen-bond acceptors (Lipinski definition) is 1. The van der Waals surface area contributed by atoms with Crippen molar-refractivity contribution in [3.63, 3.8) is 0 Å². The van der Waals surface area contributed by atoms with Crippen LogP contribution in [0.25, 0.3) is 10.4 Å². The lowest BCUT2D eigenvalue weighted by Crippen LogP contribution is -2.04. The number of nitrogens with zero attached hydrogens (tertiary/aromatic N) is 3. The molecule has 0 atom stereocenters. The van der Waals surface area contributed by atoms with E-state index in [4.69, 9.17) is 5.53 Å². The van der Waals surface area contributed by atoms with Crippen LogP contribution < -0.4 is 0 Å². The normalized spacial score (nSPS) is 16.8. The Morgan fingerprint density at radius 2 is 2.00 bits per heavy atom. The first-order valence-corrected chi connectivity index (χ1v) is 5.97. The van der Waals surface area contributed by atoms with E-state index in [-0.39, 0.29) is 0 Å². The summed E-state index contributed by atoms with van der Waals surface area (Å²) < 4.78 is 0. The fourth-order valence-corrected chi connectivity index (χ4v) is 2.55. The van der Waals surface area contributed by atoms with Crippen molar-refractivity contribution in [2.75, 3.05) is 0 Å². The number of benzene rings is 1. The molecule has 0 unspecified atom stereocenters. The van der Waals surface area contributed by atoms with Gasteiger partial charge in [-0.15, -0.1) is 0 Å². The van der Waals surface area contributed by atoms with E-state index in [1.165, 1.54) is 43.2 Å². The molecule has 0 radical (unpaired) electrons. The summed E-state index contributed by atoms with van der Waals surface area (Å²) >= 11 is 0. The van der Waals surface area contributed by atoms with Crippen LogP contribution in [0.1, 0.15) is 49.1 Å². The van der Waals surface area contributed by atoms with Gasteiger partial charge in [-0.1, -0.05) is 48.1 Å². The minimum atomic E-state index is 0.592. The molecule has 1 saturated carbocycles. The molecule has 3 nitrogen and oxygen atoms in total. The summed E-state index contributed by atoms with van der Waals surface area (Å²) in [5, 5.41) is 3.80.